The van der Waals surface area contributed by atoms with Gasteiger partial charge < -0.3 is 10.6 Å². The molecule has 1 aromatic heterocycles. The largest absolute Gasteiger partial charge is 0.356 e. The highest BCUT2D eigenvalue weighted by Crippen LogP contribution is 2.59. The molecule has 4 saturated carbocycles. The lowest BCUT2D eigenvalue weighted by molar-refractivity contribution is -0.123. The highest BCUT2D eigenvalue weighted by molar-refractivity contribution is 7.12. The van der Waals surface area contributed by atoms with Crippen molar-refractivity contribution in [2.45, 2.75) is 51.4 Å². The Morgan fingerprint density at radius 3 is 2.36 bits per heavy atom. The Morgan fingerprint density at radius 2 is 1.76 bits per heavy atom. The lowest BCUT2D eigenvalue weighted by Gasteiger charge is -2.56. The fraction of sp³-hybridized carbons (Fsp3) is 0.700. The molecule has 4 aliphatic carbocycles. The topological polar surface area (TPSA) is 58.2 Å². The number of hydrogen-bond donors (Lipinski definition) is 2. The normalized spacial score (nSPS) is 32.6. The van der Waals surface area contributed by atoms with E-state index in [1.54, 1.807) is 0 Å². The van der Waals surface area contributed by atoms with Crippen LogP contribution in [0.25, 0.3) is 0 Å². The molecule has 25 heavy (non-hydrogen) atoms. The molecule has 2 N–H and O–H groups in total. The van der Waals surface area contributed by atoms with E-state index in [9.17, 15) is 9.59 Å². The van der Waals surface area contributed by atoms with E-state index in [4.69, 9.17) is 0 Å². The summed E-state index contributed by atoms with van der Waals surface area (Å²) in [5, 5.41) is 7.98. The number of carbonyl (C=O) groups excluding carboxylic acids is 2. The molecule has 1 heterocycles. The third-order valence-corrected chi connectivity index (χ3v) is 7.31. The molecule has 4 bridgehead atoms. The van der Waals surface area contributed by atoms with Crippen molar-refractivity contribution >= 4 is 23.2 Å². The van der Waals surface area contributed by atoms with Gasteiger partial charge in [0.1, 0.15) is 0 Å². The quantitative estimate of drug-likeness (QED) is 0.730. The summed E-state index contributed by atoms with van der Waals surface area (Å²) in [6.07, 6.45) is 9.51. The summed E-state index contributed by atoms with van der Waals surface area (Å²) in [5.41, 5.74) is 0.401. The molecule has 0 unspecified atom stereocenters. The summed E-state index contributed by atoms with van der Waals surface area (Å²) in [6, 6.07) is 3.69. The Morgan fingerprint density at radius 1 is 1.08 bits per heavy atom. The lowest BCUT2D eigenvalue weighted by atomic mass is 9.49. The fourth-order valence-corrected chi connectivity index (χ4v) is 6.47. The van der Waals surface area contributed by atoms with Crippen molar-refractivity contribution in [3.05, 3.63) is 22.4 Å². The van der Waals surface area contributed by atoms with Crippen molar-refractivity contribution in [2.24, 2.45) is 23.2 Å². The summed E-state index contributed by atoms with van der Waals surface area (Å²) in [5.74, 6) is 2.88. The second-order valence-corrected chi connectivity index (χ2v) is 9.48. The van der Waals surface area contributed by atoms with Gasteiger partial charge in [-0.2, -0.15) is 0 Å². The molecule has 4 fully saturated rings. The summed E-state index contributed by atoms with van der Waals surface area (Å²) >= 11 is 1.44. The summed E-state index contributed by atoms with van der Waals surface area (Å²) in [7, 11) is 0. The van der Waals surface area contributed by atoms with Crippen LogP contribution in [0.3, 0.4) is 0 Å². The van der Waals surface area contributed by atoms with E-state index in [0.29, 0.717) is 24.8 Å². The monoisotopic (exact) mass is 360 g/mol. The van der Waals surface area contributed by atoms with Crippen LogP contribution in [0.2, 0.25) is 0 Å². The molecule has 136 valence electrons. The van der Waals surface area contributed by atoms with Crippen LogP contribution in [0.15, 0.2) is 17.5 Å². The molecule has 2 amide bonds. The van der Waals surface area contributed by atoms with Crippen LogP contribution in [0.4, 0.5) is 0 Å². The van der Waals surface area contributed by atoms with E-state index in [0.717, 1.165) is 29.2 Å². The zero-order chi connectivity index (χ0) is 17.3. The first-order chi connectivity index (χ1) is 12.1. The van der Waals surface area contributed by atoms with Gasteiger partial charge in [0.05, 0.1) is 4.88 Å². The SMILES string of the molecule is O=C(CCCNC(=O)c1cccs1)NCC12CC3CC(CC(C3)C1)C2. The van der Waals surface area contributed by atoms with Crippen LogP contribution in [-0.2, 0) is 4.79 Å². The van der Waals surface area contributed by atoms with Crippen LogP contribution < -0.4 is 10.6 Å². The van der Waals surface area contributed by atoms with Gasteiger partial charge in [-0.1, -0.05) is 6.07 Å². The fourth-order valence-electron chi connectivity index (χ4n) is 5.83. The summed E-state index contributed by atoms with van der Waals surface area (Å²) < 4.78 is 0. The molecule has 5 heteroatoms. The minimum absolute atomic E-state index is 0.0380. The van der Waals surface area contributed by atoms with Crippen LogP contribution in [0.1, 0.15) is 61.0 Å². The number of carbonyl (C=O) groups is 2. The zero-order valence-corrected chi connectivity index (χ0v) is 15.6. The maximum absolute atomic E-state index is 12.2. The van der Waals surface area contributed by atoms with Gasteiger partial charge in [0.25, 0.3) is 5.91 Å². The first kappa shape index (κ1) is 17.1. The number of thiophene rings is 1. The van der Waals surface area contributed by atoms with Crippen molar-refractivity contribution in [2.75, 3.05) is 13.1 Å². The average molecular weight is 361 g/mol. The van der Waals surface area contributed by atoms with Crippen LogP contribution in [0, 0.1) is 23.2 Å². The Hall–Kier alpha value is -1.36. The highest BCUT2D eigenvalue weighted by atomic mass is 32.1. The van der Waals surface area contributed by atoms with Crippen LogP contribution in [-0.4, -0.2) is 24.9 Å². The molecule has 4 nitrogen and oxygen atoms in total. The molecule has 0 spiro atoms. The van der Waals surface area contributed by atoms with Crippen LogP contribution >= 0.6 is 11.3 Å². The molecule has 0 atom stereocenters. The molecule has 0 aliphatic heterocycles. The van der Waals surface area contributed by atoms with E-state index in [1.165, 1.54) is 49.9 Å². The van der Waals surface area contributed by atoms with Gasteiger partial charge in [-0.05, 0) is 79.6 Å². The molecular formula is C20H28N2O2S. The van der Waals surface area contributed by atoms with Gasteiger partial charge in [-0.15, -0.1) is 11.3 Å². The minimum atomic E-state index is -0.0380. The second kappa shape index (κ2) is 7.10. The first-order valence-corrected chi connectivity index (χ1v) is 10.6. The van der Waals surface area contributed by atoms with E-state index < -0.39 is 0 Å². The van der Waals surface area contributed by atoms with Crippen molar-refractivity contribution in [1.82, 2.24) is 10.6 Å². The van der Waals surface area contributed by atoms with Gasteiger partial charge in [0, 0.05) is 19.5 Å². The maximum Gasteiger partial charge on any atom is 0.261 e. The Labute approximate surface area is 153 Å². The third kappa shape index (κ3) is 3.91. The Balaban J connectivity index is 1.16. The van der Waals surface area contributed by atoms with Gasteiger partial charge in [-0.25, -0.2) is 0 Å². The predicted octanol–water partition coefficient (Wildman–Crippen LogP) is 3.59. The minimum Gasteiger partial charge on any atom is -0.356 e. The number of amides is 2. The van der Waals surface area contributed by atoms with E-state index in [2.05, 4.69) is 10.6 Å². The van der Waals surface area contributed by atoms with Crippen molar-refractivity contribution in [1.29, 1.82) is 0 Å². The standard InChI is InChI=1S/C20H28N2O2S/c23-18(4-1-5-21-19(24)17-3-2-6-25-17)22-13-20-10-14-7-15(11-20)9-16(8-14)12-20/h2-3,6,14-16H,1,4-5,7-13H2,(H,21,24)(H,22,23). The zero-order valence-electron chi connectivity index (χ0n) is 14.8. The number of rotatable bonds is 7. The lowest BCUT2D eigenvalue weighted by Crippen LogP contribution is -2.51. The maximum atomic E-state index is 12.2. The molecule has 5 rings (SSSR count). The molecular weight excluding hydrogens is 332 g/mol. The molecule has 1 aromatic rings. The van der Waals surface area contributed by atoms with E-state index in [-0.39, 0.29) is 11.8 Å². The smallest absolute Gasteiger partial charge is 0.261 e. The van der Waals surface area contributed by atoms with Crippen LogP contribution in [0.5, 0.6) is 0 Å². The van der Waals surface area contributed by atoms with Crippen molar-refractivity contribution < 1.29 is 9.59 Å². The molecule has 0 aromatic carbocycles. The van der Waals surface area contributed by atoms with E-state index >= 15 is 0 Å². The Bertz CT molecular complexity index is 590. The van der Waals surface area contributed by atoms with Gasteiger partial charge in [-0.3, -0.25) is 9.59 Å². The Kier molecular flexibility index (Phi) is 4.85. The third-order valence-electron chi connectivity index (χ3n) is 6.44. The van der Waals surface area contributed by atoms with Crippen molar-refractivity contribution in [3.63, 3.8) is 0 Å². The first-order valence-electron chi connectivity index (χ1n) is 9.70. The highest BCUT2D eigenvalue weighted by Gasteiger charge is 2.50. The van der Waals surface area contributed by atoms with Gasteiger partial charge >= 0.3 is 0 Å². The van der Waals surface area contributed by atoms with Gasteiger partial charge in [0.2, 0.25) is 5.91 Å². The second-order valence-electron chi connectivity index (χ2n) is 8.53. The molecule has 4 aliphatic rings. The van der Waals surface area contributed by atoms with Gasteiger partial charge in [0.15, 0.2) is 0 Å². The number of nitrogens with one attached hydrogen (secondary N) is 2. The van der Waals surface area contributed by atoms with Crippen molar-refractivity contribution in [3.8, 4) is 0 Å². The summed E-state index contributed by atoms with van der Waals surface area (Å²) in [6.45, 7) is 1.43. The predicted molar refractivity (Wildman–Crippen MR) is 99.5 cm³/mol. The average Bonchev–Trinajstić information content (AvgIpc) is 3.10. The summed E-state index contributed by atoms with van der Waals surface area (Å²) in [4.78, 5) is 24.8. The number of hydrogen-bond acceptors (Lipinski definition) is 3. The molecule has 0 radical (unpaired) electrons. The molecule has 0 saturated heterocycles. The van der Waals surface area contributed by atoms with E-state index in [1.807, 2.05) is 17.5 Å².